The number of rotatable bonds is 3. The van der Waals surface area contributed by atoms with E-state index < -0.39 is 5.60 Å². The Kier molecular flexibility index (Phi) is 3.66. The maximum atomic E-state index is 9.93. The summed E-state index contributed by atoms with van der Waals surface area (Å²) in [5.74, 6) is 0.621. The number of hydrogen-bond acceptors (Lipinski definition) is 6. The molecule has 0 aromatic carbocycles. The lowest BCUT2D eigenvalue weighted by Crippen LogP contribution is -2.48. The van der Waals surface area contributed by atoms with Gasteiger partial charge >= 0.3 is 0 Å². The van der Waals surface area contributed by atoms with Gasteiger partial charge < -0.3 is 15.5 Å². The van der Waals surface area contributed by atoms with Crippen molar-refractivity contribution in [1.82, 2.24) is 15.2 Å². The van der Waals surface area contributed by atoms with Gasteiger partial charge in [0.2, 0.25) is 0 Å². The molecule has 1 fully saturated rings. The molecule has 1 aliphatic rings. The van der Waals surface area contributed by atoms with Crippen LogP contribution in [0, 0.1) is 6.92 Å². The lowest BCUT2D eigenvalue weighted by atomic mass is 9.77. The SMILES string of the molecule is Cc1cc(N[C@H]2C[C@@](C)(O)C2)nnc1-c1ncc(Cl)cc1O. The van der Waals surface area contributed by atoms with E-state index in [-0.39, 0.29) is 11.8 Å². The van der Waals surface area contributed by atoms with Gasteiger partial charge in [0.05, 0.1) is 10.6 Å². The standard InChI is InChI=1S/C15H17ClN4O2/c1-8-3-12(18-10-5-15(2,22)6-10)19-20-13(8)14-11(21)4-9(16)7-17-14/h3-4,7,10,21-22H,5-6H2,1-2H3,(H,18,19)/t10-,15+. The number of anilines is 1. The van der Waals surface area contributed by atoms with Crippen molar-refractivity contribution >= 4 is 17.4 Å². The summed E-state index contributed by atoms with van der Waals surface area (Å²) in [6.07, 6.45) is 2.84. The molecule has 1 saturated carbocycles. The van der Waals surface area contributed by atoms with E-state index >= 15 is 0 Å². The van der Waals surface area contributed by atoms with E-state index in [4.69, 9.17) is 11.6 Å². The van der Waals surface area contributed by atoms with E-state index in [9.17, 15) is 10.2 Å². The molecule has 0 saturated heterocycles. The van der Waals surface area contributed by atoms with Crippen LogP contribution in [0.1, 0.15) is 25.3 Å². The number of nitrogens with one attached hydrogen (secondary N) is 1. The van der Waals surface area contributed by atoms with E-state index in [1.165, 1.54) is 12.3 Å². The highest BCUT2D eigenvalue weighted by Gasteiger charge is 2.38. The highest BCUT2D eigenvalue weighted by molar-refractivity contribution is 6.30. The van der Waals surface area contributed by atoms with E-state index in [1.54, 1.807) is 0 Å². The Hall–Kier alpha value is -1.92. The van der Waals surface area contributed by atoms with Crippen LogP contribution in [0.2, 0.25) is 5.02 Å². The van der Waals surface area contributed by atoms with Crippen molar-refractivity contribution in [2.75, 3.05) is 5.32 Å². The number of aromatic nitrogens is 3. The minimum atomic E-state index is -0.584. The lowest BCUT2D eigenvalue weighted by molar-refractivity contribution is -0.0235. The van der Waals surface area contributed by atoms with Gasteiger partial charge in [-0.05, 0) is 38.3 Å². The molecular weight excluding hydrogens is 304 g/mol. The summed E-state index contributed by atoms with van der Waals surface area (Å²) in [4.78, 5) is 4.11. The quantitative estimate of drug-likeness (QED) is 0.805. The fraction of sp³-hybridized carbons (Fsp3) is 0.400. The van der Waals surface area contributed by atoms with Crippen molar-refractivity contribution in [2.24, 2.45) is 0 Å². The molecule has 0 spiro atoms. The fourth-order valence-electron chi connectivity index (χ4n) is 2.71. The maximum Gasteiger partial charge on any atom is 0.149 e. The second-order valence-corrected chi connectivity index (χ2v) is 6.47. The molecule has 0 unspecified atom stereocenters. The van der Waals surface area contributed by atoms with Gasteiger partial charge in [-0.1, -0.05) is 11.6 Å². The Morgan fingerprint density at radius 3 is 2.59 bits per heavy atom. The topological polar surface area (TPSA) is 91.2 Å². The van der Waals surface area contributed by atoms with Gasteiger partial charge in [0.25, 0.3) is 0 Å². The van der Waals surface area contributed by atoms with Crippen molar-refractivity contribution in [3.63, 3.8) is 0 Å². The highest BCUT2D eigenvalue weighted by Crippen LogP contribution is 2.34. The summed E-state index contributed by atoms with van der Waals surface area (Å²) in [5, 5.41) is 31.5. The number of halogens is 1. The molecule has 3 rings (SSSR count). The first-order valence-electron chi connectivity index (χ1n) is 7.02. The average molecular weight is 321 g/mol. The van der Waals surface area contributed by atoms with Crippen LogP contribution >= 0.6 is 11.6 Å². The summed E-state index contributed by atoms with van der Waals surface area (Å²) in [6, 6.07) is 3.48. The average Bonchev–Trinajstić information content (AvgIpc) is 2.38. The van der Waals surface area contributed by atoms with Crippen LogP contribution in [0.15, 0.2) is 18.3 Å². The van der Waals surface area contributed by atoms with Gasteiger partial charge in [-0.25, -0.2) is 4.98 Å². The van der Waals surface area contributed by atoms with Gasteiger partial charge in [-0.3, -0.25) is 0 Å². The Morgan fingerprint density at radius 1 is 1.27 bits per heavy atom. The van der Waals surface area contributed by atoms with Gasteiger partial charge in [0.15, 0.2) is 0 Å². The molecule has 2 aromatic heterocycles. The summed E-state index contributed by atoms with van der Waals surface area (Å²) in [6.45, 7) is 3.70. The van der Waals surface area contributed by atoms with Crippen LogP contribution in [0.25, 0.3) is 11.4 Å². The van der Waals surface area contributed by atoms with E-state index in [0.29, 0.717) is 35.1 Å². The van der Waals surface area contributed by atoms with Crippen LogP contribution < -0.4 is 5.32 Å². The highest BCUT2D eigenvalue weighted by atomic mass is 35.5. The van der Waals surface area contributed by atoms with Crippen molar-refractivity contribution in [3.05, 3.63) is 28.9 Å². The summed E-state index contributed by atoms with van der Waals surface area (Å²) in [7, 11) is 0. The summed E-state index contributed by atoms with van der Waals surface area (Å²) < 4.78 is 0. The molecule has 2 heterocycles. The minimum Gasteiger partial charge on any atom is -0.506 e. The number of pyridine rings is 1. The van der Waals surface area contributed by atoms with Crippen LogP contribution in [-0.4, -0.2) is 37.0 Å². The molecule has 1 aliphatic carbocycles. The largest absolute Gasteiger partial charge is 0.506 e. The number of nitrogens with zero attached hydrogens (tertiary/aromatic N) is 3. The van der Waals surface area contributed by atoms with Gasteiger partial charge in [-0.2, -0.15) is 0 Å². The predicted octanol–water partition coefficient (Wildman–Crippen LogP) is 2.53. The van der Waals surface area contributed by atoms with Gasteiger partial charge in [-0.15, -0.1) is 10.2 Å². The smallest absolute Gasteiger partial charge is 0.149 e. The molecule has 0 atom stereocenters. The Bertz CT molecular complexity index is 713. The van der Waals surface area contributed by atoms with E-state index in [2.05, 4.69) is 20.5 Å². The zero-order chi connectivity index (χ0) is 15.9. The predicted molar refractivity (Wildman–Crippen MR) is 83.9 cm³/mol. The Labute approximate surface area is 133 Å². The lowest BCUT2D eigenvalue weighted by Gasteiger charge is -2.41. The molecule has 22 heavy (non-hydrogen) atoms. The molecule has 2 aromatic rings. The van der Waals surface area contributed by atoms with E-state index in [0.717, 1.165) is 5.56 Å². The summed E-state index contributed by atoms with van der Waals surface area (Å²) in [5.41, 5.74) is 1.13. The van der Waals surface area contributed by atoms with Crippen LogP contribution in [-0.2, 0) is 0 Å². The molecule has 3 N–H and O–H groups in total. The number of hydrogen-bond donors (Lipinski definition) is 3. The Morgan fingerprint density at radius 2 is 2.00 bits per heavy atom. The molecule has 0 amide bonds. The van der Waals surface area contributed by atoms with Gasteiger partial charge in [0, 0.05) is 18.3 Å². The molecule has 7 heteroatoms. The van der Waals surface area contributed by atoms with Crippen LogP contribution in [0.4, 0.5) is 5.82 Å². The molecule has 0 radical (unpaired) electrons. The number of aryl methyl sites for hydroxylation is 1. The molecular formula is C15H17ClN4O2. The monoisotopic (exact) mass is 320 g/mol. The third-order valence-electron chi connectivity index (χ3n) is 3.77. The first-order valence-corrected chi connectivity index (χ1v) is 7.40. The zero-order valence-corrected chi connectivity index (χ0v) is 13.1. The maximum absolute atomic E-state index is 9.93. The number of aromatic hydroxyl groups is 1. The van der Waals surface area contributed by atoms with Crippen molar-refractivity contribution in [1.29, 1.82) is 0 Å². The third kappa shape index (κ3) is 2.98. The molecule has 0 bridgehead atoms. The van der Waals surface area contributed by atoms with Crippen molar-refractivity contribution in [2.45, 2.75) is 38.3 Å². The van der Waals surface area contributed by atoms with Crippen molar-refractivity contribution in [3.8, 4) is 17.1 Å². The third-order valence-corrected chi connectivity index (χ3v) is 3.97. The normalized spacial score (nSPS) is 23.9. The first kappa shape index (κ1) is 15.0. The molecule has 0 aliphatic heterocycles. The van der Waals surface area contributed by atoms with Crippen LogP contribution in [0.5, 0.6) is 5.75 Å². The Balaban J connectivity index is 1.80. The number of aliphatic hydroxyl groups is 1. The minimum absolute atomic E-state index is 0.0272. The van der Waals surface area contributed by atoms with Crippen molar-refractivity contribution < 1.29 is 10.2 Å². The summed E-state index contributed by atoms with van der Waals surface area (Å²) >= 11 is 5.78. The first-order chi connectivity index (χ1) is 10.3. The van der Waals surface area contributed by atoms with Gasteiger partial charge in [0.1, 0.15) is 23.0 Å². The van der Waals surface area contributed by atoms with E-state index in [1.807, 2.05) is 19.9 Å². The molecule has 6 nitrogen and oxygen atoms in total. The second kappa shape index (κ2) is 5.37. The molecule has 116 valence electrons. The fourth-order valence-corrected chi connectivity index (χ4v) is 2.87. The second-order valence-electron chi connectivity index (χ2n) is 6.03. The van der Waals surface area contributed by atoms with Crippen LogP contribution in [0.3, 0.4) is 0 Å². The zero-order valence-electron chi connectivity index (χ0n) is 12.3.